The van der Waals surface area contributed by atoms with E-state index < -0.39 is 0 Å². The van der Waals surface area contributed by atoms with Gasteiger partial charge in [-0.15, -0.1) is 0 Å². The van der Waals surface area contributed by atoms with Crippen LogP contribution in [0.15, 0.2) is 79.0 Å². The topological polar surface area (TPSA) is 79.9 Å². The highest BCUT2D eigenvalue weighted by molar-refractivity contribution is 6.05. The van der Waals surface area contributed by atoms with Gasteiger partial charge in [-0.25, -0.2) is 4.68 Å². The van der Waals surface area contributed by atoms with Gasteiger partial charge in [0, 0.05) is 11.8 Å². The van der Waals surface area contributed by atoms with E-state index >= 15 is 0 Å². The number of nitrogens with one attached hydrogen (secondary N) is 1. The summed E-state index contributed by atoms with van der Waals surface area (Å²) in [6, 6.07) is 24.6. The molecule has 0 aliphatic rings. The van der Waals surface area contributed by atoms with Crippen molar-refractivity contribution in [3.63, 3.8) is 0 Å². The molecule has 0 aliphatic carbocycles. The first-order valence-corrected chi connectivity index (χ1v) is 10.2. The van der Waals surface area contributed by atoms with Crippen molar-refractivity contribution in [2.24, 2.45) is 0 Å². The lowest BCUT2D eigenvalue weighted by Crippen LogP contribution is -2.13. The standard InChI is InChI=1S/C26H22N4O2/c1-18-6-3-10-23(12-18)30-19(2)25(16-28-30)26(31)29-22-9-5-11-24(14-22)32-17-21-8-4-7-20(13-21)15-27/h3-14,16H,17H2,1-2H3,(H,29,31). The molecule has 0 bridgehead atoms. The van der Waals surface area contributed by atoms with Gasteiger partial charge in [0.2, 0.25) is 0 Å². The zero-order valence-electron chi connectivity index (χ0n) is 17.9. The fourth-order valence-corrected chi connectivity index (χ4v) is 3.41. The maximum Gasteiger partial charge on any atom is 0.259 e. The molecule has 0 saturated carbocycles. The van der Waals surface area contributed by atoms with E-state index in [1.807, 2.05) is 62.4 Å². The number of anilines is 1. The summed E-state index contributed by atoms with van der Waals surface area (Å²) in [6.45, 7) is 4.22. The molecular formula is C26H22N4O2. The summed E-state index contributed by atoms with van der Waals surface area (Å²) in [5, 5.41) is 16.3. The lowest BCUT2D eigenvalue weighted by atomic mass is 10.1. The summed E-state index contributed by atoms with van der Waals surface area (Å²) in [6.07, 6.45) is 1.58. The molecule has 0 spiro atoms. The smallest absolute Gasteiger partial charge is 0.259 e. The average Bonchev–Trinajstić information content (AvgIpc) is 3.19. The van der Waals surface area contributed by atoms with Crippen LogP contribution in [-0.2, 0) is 6.61 Å². The summed E-state index contributed by atoms with van der Waals surface area (Å²) in [5.74, 6) is 0.387. The number of rotatable bonds is 6. The van der Waals surface area contributed by atoms with Crippen LogP contribution in [0.2, 0.25) is 0 Å². The van der Waals surface area contributed by atoms with Crippen molar-refractivity contribution in [2.75, 3.05) is 5.32 Å². The van der Waals surface area contributed by atoms with Crippen molar-refractivity contribution >= 4 is 11.6 Å². The highest BCUT2D eigenvalue weighted by Gasteiger charge is 2.15. The number of amides is 1. The molecule has 1 N–H and O–H groups in total. The molecule has 1 heterocycles. The van der Waals surface area contributed by atoms with Gasteiger partial charge in [-0.05, 0) is 61.4 Å². The number of nitrogens with zero attached hydrogens (tertiary/aromatic N) is 3. The molecule has 158 valence electrons. The van der Waals surface area contributed by atoms with E-state index in [4.69, 9.17) is 10.00 Å². The van der Waals surface area contributed by atoms with Crippen molar-refractivity contribution in [3.05, 3.63) is 107 Å². The molecule has 6 heteroatoms. The molecule has 6 nitrogen and oxygen atoms in total. The number of hydrogen-bond donors (Lipinski definition) is 1. The minimum absolute atomic E-state index is 0.236. The van der Waals surface area contributed by atoms with Crippen LogP contribution in [0, 0.1) is 25.2 Å². The second-order valence-corrected chi connectivity index (χ2v) is 7.48. The molecule has 0 radical (unpaired) electrons. The van der Waals surface area contributed by atoms with Crippen molar-refractivity contribution in [2.45, 2.75) is 20.5 Å². The van der Waals surface area contributed by atoms with E-state index in [1.165, 1.54) is 0 Å². The number of carbonyl (C=O) groups excluding carboxylic acids is 1. The first-order chi connectivity index (χ1) is 15.5. The summed E-state index contributed by atoms with van der Waals surface area (Å²) in [4.78, 5) is 12.9. The highest BCUT2D eigenvalue weighted by Crippen LogP contribution is 2.21. The Morgan fingerprint density at radius 2 is 1.88 bits per heavy atom. The first kappa shape index (κ1) is 20.9. The maximum atomic E-state index is 12.9. The van der Waals surface area contributed by atoms with E-state index in [9.17, 15) is 4.79 Å². The van der Waals surface area contributed by atoms with Crippen molar-refractivity contribution in [1.29, 1.82) is 5.26 Å². The molecular weight excluding hydrogens is 400 g/mol. The van der Waals surface area contributed by atoms with Gasteiger partial charge >= 0.3 is 0 Å². The molecule has 4 aromatic rings. The van der Waals surface area contributed by atoms with Crippen molar-refractivity contribution < 1.29 is 9.53 Å². The predicted octanol–water partition coefficient (Wildman–Crippen LogP) is 5.19. The molecule has 1 amide bonds. The largest absolute Gasteiger partial charge is 0.489 e. The van der Waals surface area contributed by atoms with Crippen LogP contribution < -0.4 is 10.1 Å². The Kier molecular flexibility index (Phi) is 6.00. The molecule has 0 aliphatic heterocycles. The minimum atomic E-state index is -0.236. The fourth-order valence-electron chi connectivity index (χ4n) is 3.41. The van der Waals surface area contributed by atoms with E-state index in [0.717, 1.165) is 22.5 Å². The number of aromatic nitrogens is 2. The Labute approximate surface area is 186 Å². The third kappa shape index (κ3) is 4.68. The Morgan fingerprint density at radius 3 is 2.69 bits per heavy atom. The van der Waals surface area contributed by atoms with Crippen LogP contribution in [0.1, 0.15) is 32.7 Å². The quantitative estimate of drug-likeness (QED) is 0.464. The zero-order chi connectivity index (χ0) is 22.5. The van der Waals surface area contributed by atoms with Gasteiger partial charge in [-0.1, -0.05) is 30.3 Å². The summed E-state index contributed by atoms with van der Waals surface area (Å²) in [5.41, 5.74) is 5.42. The van der Waals surface area contributed by atoms with Crippen LogP contribution in [0.25, 0.3) is 5.69 Å². The van der Waals surface area contributed by atoms with Gasteiger partial charge in [0.25, 0.3) is 5.91 Å². The van der Waals surface area contributed by atoms with E-state index in [2.05, 4.69) is 16.5 Å². The van der Waals surface area contributed by atoms with Crippen LogP contribution >= 0.6 is 0 Å². The molecule has 1 aromatic heterocycles. The third-order valence-electron chi connectivity index (χ3n) is 5.05. The Morgan fingerprint density at radius 1 is 1.06 bits per heavy atom. The molecule has 0 fully saturated rings. The second kappa shape index (κ2) is 9.19. The summed E-state index contributed by atoms with van der Waals surface area (Å²) >= 11 is 0. The molecule has 0 saturated heterocycles. The van der Waals surface area contributed by atoms with Crippen LogP contribution in [0.4, 0.5) is 5.69 Å². The second-order valence-electron chi connectivity index (χ2n) is 7.48. The number of hydrogen-bond acceptors (Lipinski definition) is 4. The predicted molar refractivity (Wildman–Crippen MR) is 123 cm³/mol. The Bertz CT molecular complexity index is 1320. The Balaban J connectivity index is 1.46. The zero-order valence-corrected chi connectivity index (χ0v) is 17.9. The number of carbonyl (C=O) groups is 1. The number of benzene rings is 3. The van der Waals surface area contributed by atoms with Gasteiger partial charge in [0.1, 0.15) is 12.4 Å². The van der Waals surface area contributed by atoms with Gasteiger partial charge in [0.05, 0.1) is 34.8 Å². The fraction of sp³-hybridized carbons (Fsp3) is 0.115. The van der Waals surface area contributed by atoms with E-state index in [0.29, 0.717) is 29.2 Å². The summed E-state index contributed by atoms with van der Waals surface area (Å²) < 4.78 is 7.60. The van der Waals surface area contributed by atoms with Crippen LogP contribution in [0.5, 0.6) is 5.75 Å². The first-order valence-electron chi connectivity index (χ1n) is 10.2. The molecule has 3 aromatic carbocycles. The van der Waals surface area contributed by atoms with Crippen molar-refractivity contribution in [3.8, 4) is 17.5 Å². The van der Waals surface area contributed by atoms with Crippen LogP contribution in [-0.4, -0.2) is 15.7 Å². The maximum absolute atomic E-state index is 12.9. The molecule has 32 heavy (non-hydrogen) atoms. The SMILES string of the molecule is Cc1cccc(-n2ncc(C(=O)Nc3cccc(OCc4cccc(C#N)c4)c3)c2C)c1. The monoisotopic (exact) mass is 422 g/mol. The average molecular weight is 422 g/mol. The number of aryl methyl sites for hydroxylation is 1. The lowest BCUT2D eigenvalue weighted by molar-refractivity contribution is 0.102. The van der Waals surface area contributed by atoms with Gasteiger partial charge in [-0.2, -0.15) is 10.4 Å². The number of nitriles is 1. The highest BCUT2D eigenvalue weighted by atomic mass is 16.5. The van der Waals surface area contributed by atoms with Gasteiger partial charge < -0.3 is 10.1 Å². The number of ether oxygens (including phenoxy) is 1. The van der Waals surface area contributed by atoms with E-state index in [1.54, 1.807) is 35.1 Å². The lowest BCUT2D eigenvalue weighted by Gasteiger charge is -2.10. The summed E-state index contributed by atoms with van der Waals surface area (Å²) in [7, 11) is 0. The molecule has 0 atom stereocenters. The minimum Gasteiger partial charge on any atom is -0.489 e. The Hall–Kier alpha value is -4.37. The van der Waals surface area contributed by atoms with Gasteiger partial charge in [-0.3, -0.25) is 4.79 Å². The van der Waals surface area contributed by atoms with Gasteiger partial charge in [0.15, 0.2) is 0 Å². The molecule has 0 unspecified atom stereocenters. The van der Waals surface area contributed by atoms with E-state index in [-0.39, 0.29) is 5.91 Å². The van der Waals surface area contributed by atoms with Crippen LogP contribution in [0.3, 0.4) is 0 Å². The van der Waals surface area contributed by atoms with Crippen molar-refractivity contribution in [1.82, 2.24) is 9.78 Å². The molecule has 4 rings (SSSR count). The third-order valence-corrected chi connectivity index (χ3v) is 5.05. The normalized spacial score (nSPS) is 10.4.